The van der Waals surface area contributed by atoms with E-state index in [-0.39, 0.29) is 5.60 Å². The molecule has 0 saturated carbocycles. The highest BCUT2D eigenvalue weighted by molar-refractivity contribution is 5.44. The van der Waals surface area contributed by atoms with E-state index in [0.717, 1.165) is 0 Å². The van der Waals surface area contributed by atoms with Gasteiger partial charge in [0.15, 0.2) is 0 Å². The standard InChI is InChI=1S/C26H38O/c1-7-13-21(8-2)25-23(16-12-19-27-26(4,5)6)20(3)17-18-24(25)22-14-10-9-11-15-22/h7-8,10,12-16,24-25H,9,11,17-19H2,1-6H3/b13-7-,16-12-,21-8+. The Balaban J connectivity index is 2.35. The lowest BCUT2D eigenvalue weighted by molar-refractivity contribution is 0.0149. The van der Waals surface area contributed by atoms with Crippen molar-refractivity contribution in [2.45, 2.75) is 72.8 Å². The van der Waals surface area contributed by atoms with E-state index < -0.39 is 0 Å². The van der Waals surface area contributed by atoms with Crippen LogP contribution in [0.1, 0.15) is 67.2 Å². The van der Waals surface area contributed by atoms with Crippen molar-refractivity contribution in [1.82, 2.24) is 0 Å². The molecule has 1 heteroatoms. The summed E-state index contributed by atoms with van der Waals surface area (Å²) in [6.07, 6.45) is 23.2. The van der Waals surface area contributed by atoms with Gasteiger partial charge in [0, 0.05) is 5.92 Å². The molecule has 27 heavy (non-hydrogen) atoms. The molecule has 2 unspecified atom stereocenters. The van der Waals surface area contributed by atoms with Gasteiger partial charge in [-0.1, -0.05) is 54.2 Å². The quantitative estimate of drug-likeness (QED) is 0.442. The predicted molar refractivity (Wildman–Crippen MR) is 119 cm³/mol. The summed E-state index contributed by atoms with van der Waals surface area (Å²) < 4.78 is 5.91. The fraction of sp³-hybridized carbons (Fsp3) is 0.538. The van der Waals surface area contributed by atoms with Gasteiger partial charge in [0.1, 0.15) is 0 Å². The van der Waals surface area contributed by atoms with E-state index in [2.05, 4.69) is 90.2 Å². The van der Waals surface area contributed by atoms with Crippen LogP contribution in [-0.2, 0) is 4.74 Å². The number of hydrogen-bond donors (Lipinski definition) is 0. The molecule has 0 aromatic rings. The normalized spacial score (nSPS) is 25.0. The molecule has 0 aromatic heterocycles. The lowest BCUT2D eigenvalue weighted by atomic mass is 9.68. The molecule has 1 nitrogen and oxygen atoms in total. The molecule has 0 bridgehead atoms. The zero-order valence-electron chi connectivity index (χ0n) is 18.2. The molecule has 2 aliphatic carbocycles. The van der Waals surface area contributed by atoms with Gasteiger partial charge in [-0.2, -0.15) is 0 Å². The number of ether oxygens (including phenoxy) is 1. The number of rotatable bonds is 6. The van der Waals surface area contributed by atoms with Gasteiger partial charge in [0.25, 0.3) is 0 Å². The minimum absolute atomic E-state index is 0.0978. The van der Waals surface area contributed by atoms with Crippen LogP contribution < -0.4 is 0 Å². The van der Waals surface area contributed by atoms with Crippen LogP contribution in [0.4, 0.5) is 0 Å². The monoisotopic (exact) mass is 366 g/mol. The Morgan fingerprint density at radius 1 is 1.22 bits per heavy atom. The van der Waals surface area contributed by atoms with Gasteiger partial charge in [0.05, 0.1) is 12.2 Å². The molecule has 2 aliphatic rings. The van der Waals surface area contributed by atoms with Crippen LogP contribution in [0.25, 0.3) is 0 Å². The fourth-order valence-corrected chi connectivity index (χ4v) is 4.14. The van der Waals surface area contributed by atoms with E-state index in [1.807, 2.05) is 0 Å². The average molecular weight is 367 g/mol. The molecule has 0 N–H and O–H groups in total. The third-order valence-electron chi connectivity index (χ3n) is 5.47. The molecule has 2 atom stereocenters. The largest absolute Gasteiger partial charge is 0.372 e. The summed E-state index contributed by atoms with van der Waals surface area (Å²) in [7, 11) is 0. The summed E-state index contributed by atoms with van der Waals surface area (Å²) in [6.45, 7) is 13.6. The molecule has 0 radical (unpaired) electrons. The maximum atomic E-state index is 5.91. The average Bonchev–Trinajstić information content (AvgIpc) is 2.64. The summed E-state index contributed by atoms with van der Waals surface area (Å²) >= 11 is 0. The molecular weight excluding hydrogens is 328 g/mol. The molecule has 2 rings (SSSR count). The van der Waals surface area contributed by atoms with Crippen molar-refractivity contribution in [3.05, 3.63) is 70.9 Å². The van der Waals surface area contributed by atoms with Crippen molar-refractivity contribution in [3.63, 3.8) is 0 Å². The summed E-state index contributed by atoms with van der Waals surface area (Å²) in [5.41, 5.74) is 5.86. The number of allylic oxidation sites excluding steroid dienone is 11. The second-order valence-corrected chi connectivity index (χ2v) is 8.66. The van der Waals surface area contributed by atoms with E-state index in [1.165, 1.54) is 48.0 Å². The summed E-state index contributed by atoms with van der Waals surface area (Å²) in [5, 5.41) is 0. The second kappa shape index (κ2) is 10.1. The maximum absolute atomic E-state index is 5.91. The Bertz CT molecular complexity index is 673. The van der Waals surface area contributed by atoms with Gasteiger partial charge in [-0.25, -0.2) is 0 Å². The van der Waals surface area contributed by atoms with Gasteiger partial charge in [0.2, 0.25) is 0 Å². The van der Waals surface area contributed by atoms with E-state index in [4.69, 9.17) is 4.74 Å². The summed E-state index contributed by atoms with van der Waals surface area (Å²) in [6, 6.07) is 0. The Labute approximate surface area is 167 Å². The summed E-state index contributed by atoms with van der Waals surface area (Å²) in [4.78, 5) is 0. The highest BCUT2D eigenvalue weighted by Gasteiger charge is 2.32. The second-order valence-electron chi connectivity index (χ2n) is 8.66. The highest BCUT2D eigenvalue weighted by atomic mass is 16.5. The van der Waals surface area contributed by atoms with Gasteiger partial charge in [-0.3, -0.25) is 0 Å². The first-order chi connectivity index (χ1) is 12.9. The SMILES string of the molecule is C/C=C\C(=C/C)C1C(/C=C\COC(C)(C)C)=C(C)CCC1C1=CCCC=C1. The third kappa shape index (κ3) is 6.21. The van der Waals surface area contributed by atoms with E-state index >= 15 is 0 Å². The van der Waals surface area contributed by atoms with Crippen molar-refractivity contribution >= 4 is 0 Å². The predicted octanol–water partition coefficient (Wildman–Crippen LogP) is 7.50. The van der Waals surface area contributed by atoms with Crippen LogP contribution in [0, 0.1) is 11.8 Å². The van der Waals surface area contributed by atoms with Gasteiger partial charge >= 0.3 is 0 Å². The Kier molecular flexibility index (Phi) is 8.10. The zero-order valence-corrected chi connectivity index (χ0v) is 18.2. The maximum Gasteiger partial charge on any atom is 0.0657 e. The molecule has 148 valence electrons. The molecule has 0 heterocycles. The number of hydrogen-bond acceptors (Lipinski definition) is 1. The van der Waals surface area contributed by atoms with E-state index in [0.29, 0.717) is 18.4 Å². The van der Waals surface area contributed by atoms with Crippen molar-refractivity contribution in [2.75, 3.05) is 6.61 Å². The van der Waals surface area contributed by atoms with Crippen LogP contribution >= 0.6 is 0 Å². The van der Waals surface area contributed by atoms with Crippen LogP contribution in [0.2, 0.25) is 0 Å². The topological polar surface area (TPSA) is 9.23 Å². The minimum Gasteiger partial charge on any atom is -0.372 e. The minimum atomic E-state index is -0.0978. The first kappa shape index (κ1) is 21.7. The summed E-state index contributed by atoms with van der Waals surface area (Å²) in [5.74, 6) is 0.996. The lowest BCUT2D eigenvalue weighted by Gasteiger charge is -2.36. The van der Waals surface area contributed by atoms with Crippen LogP contribution in [0.3, 0.4) is 0 Å². The fourth-order valence-electron chi connectivity index (χ4n) is 4.14. The Morgan fingerprint density at radius 2 is 2.00 bits per heavy atom. The third-order valence-corrected chi connectivity index (χ3v) is 5.47. The van der Waals surface area contributed by atoms with Crippen molar-refractivity contribution in [3.8, 4) is 0 Å². The molecule has 0 saturated heterocycles. The molecule has 0 amide bonds. The van der Waals surface area contributed by atoms with Crippen molar-refractivity contribution in [2.24, 2.45) is 11.8 Å². The Morgan fingerprint density at radius 3 is 2.59 bits per heavy atom. The van der Waals surface area contributed by atoms with Gasteiger partial charge < -0.3 is 4.74 Å². The van der Waals surface area contributed by atoms with Crippen molar-refractivity contribution in [1.29, 1.82) is 0 Å². The van der Waals surface area contributed by atoms with Crippen LogP contribution in [-0.4, -0.2) is 12.2 Å². The van der Waals surface area contributed by atoms with Gasteiger partial charge in [-0.05, 0) is 89.9 Å². The van der Waals surface area contributed by atoms with Crippen LogP contribution in [0.15, 0.2) is 70.9 Å². The molecule has 0 aromatic carbocycles. The van der Waals surface area contributed by atoms with Crippen molar-refractivity contribution < 1.29 is 4.74 Å². The smallest absolute Gasteiger partial charge is 0.0657 e. The molecular formula is C26H38O. The lowest BCUT2D eigenvalue weighted by Crippen LogP contribution is -2.25. The molecule has 0 spiro atoms. The highest BCUT2D eigenvalue weighted by Crippen LogP contribution is 2.44. The first-order valence-corrected chi connectivity index (χ1v) is 10.5. The molecule has 0 fully saturated rings. The van der Waals surface area contributed by atoms with Crippen LogP contribution in [0.5, 0.6) is 0 Å². The van der Waals surface area contributed by atoms with Gasteiger partial charge in [-0.15, -0.1) is 0 Å². The van der Waals surface area contributed by atoms with E-state index in [9.17, 15) is 0 Å². The molecule has 0 aliphatic heterocycles. The Hall–Kier alpha value is -1.60. The first-order valence-electron chi connectivity index (χ1n) is 10.5. The zero-order chi connectivity index (χ0) is 19.9. The van der Waals surface area contributed by atoms with E-state index in [1.54, 1.807) is 0 Å².